The standard InChI is InChI=1S/C17H20N2O3S2/c1-11-7-12(2)17(13(3)8-11)23-10-16(20)19-14-5-4-6-15(9-14)24(18,21)22/h4-9H,10H2,1-3H3,(H,19,20)(H2,18,21,22). The quantitative estimate of drug-likeness (QED) is 0.798. The molecule has 0 bridgehead atoms. The number of thioether (sulfide) groups is 1. The lowest BCUT2D eigenvalue weighted by atomic mass is 10.1. The Balaban J connectivity index is 2.05. The van der Waals surface area contributed by atoms with Crippen LogP contribution in [0.5, 0.6) is 0 Å². The van der Waals surface area contributed by atoms with E-state index < -0.39 is 10.0 Å². The molecule has 0 atom stereocenters. The fourth-order valence-corrected chi connectivity index (χ4v) is 3.96. The van der Waals surface area contributed by atoms with Gasteiger partial charge in [0.25, 0.3) is 0 Å². The van der Waals surface area contributed by atoms with Crippen molar-refractivity contribution in [3.63, 3.8) is 0 Å². The summed E-state index contributed by atoms with van der Waals surface area (Å²) in [6.07, 6.45) is 0. The Morgan fingerprint density at radius 3 is 2.33 bits per heavy atom. The van der Waals surface area contributed by atoms with Crippen molar-refractivity contribution in [1.29, 1.82) is 0 Å². The lowest BCUT2D eigenvalue weighted by molar-refractivity contribution is -0.113. The molecule has 0 aromatic heterocycles. The van der Waals surface area contributed by atoms with Crippen LogP contribution >= 0.6 is 11.8 Å². The maximum atomic E-state index is 12.1. The van der Waals surface area contributed by atoms with Crippen LogP contribution in [-0.2, 0) is 14.8 Å². The molecule has 0 saturated carbocycles. The molecular formula is C17H20N2O3S2. The van der Waals surface area contributed by atoms with Gasteiger partial charge < -0.3 is 5.32 Å². The molecule has 0 radical (unpaired) electrons. The number of hydrogen-bond donors (Lipinski definition) is 2. The summed E-state index contributed by atoms with van der Waals surface area (Å²) in [6.45, 7) is 6.09. The lowest BCUT2D eigenvalue weighted by Crippen LogP contribution is -2.16. The summed E-state index contributed by atoms with van der Waals surface area (Å²) >= 11 is 1.46. The van der Waals surface area contributed by atoms with Gasteiger partial charge in [0.05, 0.1) is 10.6 Å². The van der Waals surface area contributed by atoms with Gasteiger partial charge in [0.15, 0.2) is 0 Å². The first kappa shape index (κ1) is 18.5. The summed E-state index contributed by atoms with van der Waals surface area (Å²) in [5, 5.41) is 7.79. The third kappa shape index (κ3) is 4.83. The minimum absolute atomic E-state index is 0.0295. The van der Waals surface area contributed by atoms with Crippen molar-refractivity contribution in [3.05, 3.63) is 53.1 Å². The predicted octanol–water partition coefficient (Wildman–Crippen LogP) is 2.99. The van der Waals surface area contributed by atoms with Crippen molar-refractivity contribution in [2.75, 3.05) is 11.1 Å². The smallest absolute Gasteiger partial charge is 0.238 e. The number of benzene rings is 2. The van der Waals surface area contributed by atoms with E-state index in [1.165, 1.54) is 35.5 Å². The van der Waals surface area contributed by atoms with Gasteiger partial charge >= 0.3 is 0 Å². The number of sulfonamides is 1. The van der Waals surface area contributed by atoms with Gasteiger partial charge in [0.2, 0.25) is 15.9 Å². The number of aryl methyl sites for hydroxylation is 3. The van der Waals surface area contributed by atoms with Gasteiger partial charge in [0, 0.05) is 10.6 Å². The highest BCUT2D eigenvalue weighted by molar-refractivity contribution is 8.00. The zero-order valence-electron chi connectivity index (χ0n) is 13.8. The number of primary sulfonamides is 1. The maximum Gasteiger partial charge on any atom is 0.238 e. The second kappa shape index (κ2) is 7.38. The van der Waals surface area contributed by atoms with E-state index in [-0.39, 0.29) is 16.6 Å². The van der Waals surface area contributed by atoms with Gasteiger partial charge in [0.1, 0.15) is 0 Å². The highest BCUT2D eigenvalue weighted by Gasteiger charge is 2.11. The van der Waals surface area contributed by atoms with Crippen LogP contribution in [0.2, 0.25) is 0 Å². The number of hydrogen-bond acceptors (Lipinski definition) is 4. The van der Waals surface area contributed by atoms with E-state index in [0.717, 1.165) is 16.0 Å². The average molecular weight is 364 g/mol. The van der Waals surface area contributed by atoms with Crippen LogP contribution in [0.15, 0.2) is 46.2 Å². The van der Waals surface area contributed by atoms with Crippen LogP contribution in [0.4, 0.5) is 5.69 Å². The van der Waals surface area contributed by atoms with Gasteiger partial charge in [-0.05, 0) is 50.1 Å². The summed E-state index contributed by atoms with van der Waals surface area (Å²) in [5.74, 6) is 0.0376. The van der Waals surface area contributed by atoms with Gasteiger partial charge in [-0.15, -0.1) is 11.8 Å². The fourth-order valence-electron chi connectivity index (χ4n) is 2.48. The molecule has 1 amide bonds. The van der Waals surface area contributed by atoms with Gasteiger partial charge in [-0.1, -0.05) is 23.8 Å². The van der Waals surface area contributed by atoms with E-state index in [9.17, 15) is 13.2 Å². The monoisotopic (exact) mass is 364 g/mol. The highest BCUT2D eigenvalue weighted by Crippen LogP contribution is 2.27. The number of carbonyl (C=O) groups is 1. The van der Waals surface area contributed by atoms with E-state index >= 15 is 0 Å². The maximum absolute atomic E-state index is 12.1. The molecule has 2 aromatic carbocycles. The number of amides is 1. The molecule has 0 spiro atoms. The number of rotatable bonds is 5. The van der Waals surface area contributed by atoms with E-state index in [2.05, 4.69) is 17.4 Å². The first-order valence-corrected chi connectivity index (χ1v) is 9.83. The first-order chi connectivity index (χ1) is 11.2. The molecule has 0 fully saturated rings. The van der Waals surface area contributed by atoms with E-state index in [1.807, 2.05) is 20.8 Å². The van der Waals surface area contributed by atoms with Gasteiger partial charge in [-0.2, -0.15) is 0 Å². The molecule has 7 heteroatoms. The molecule has 0 saturated heterocycles. The van der Waals surface area contributed by atoms with Gasteiger partial charge in [-0.25, -0.2) is 13.6 Å². The molecule has 2 rings (SSSR count). The largest absolute Gasteiger partial charge is 0.325 e. The van der Waals surface area contributed by atoms with Crippen LogP contribution in [0, 0.1) is 20.8 Å². The Bertz CT molecular complexity index is 854. The SMILES string of the molecule is Cc1cc(C)c(SCC(=O)Nc2cccc(S(N)(=O)=O)c2)c(C)c1. The van der Waals surface area contributed by atoms with Crippen molar-refractivity contribution in [3.8, 4) is 0 Å². The Labute approximate surface area is 146 Å². The molecule has 3 N–H and O–H groups in total. The number of anilines is 1. The Kier molecular flexibility index (Phi) is 5.69. The predicted molar refractivity (Wildman–Crippen MR) is 97.8 cm³/mol. The third-order valence-corrected chi connectivity index (χ3v) is 5.65. The Morgan fingerprint density at radius 2 is 1.75 bits per heavy atom. The molecule has 0 aliphatic carbocycles. The van der Waals surface area contributed by atoms with Gasteiger partial charge in [-0.3, -0.25) is 4.79 Å². The normalized spacial score (nSPS) is 11.3. The molecule has 0 aliphatic rings. The van der Waals surface area contributed by atoms with Crippen molar-refractivity contribution in [2.24, 2.45) is 5.14 Å². The summed E-state index contributed by atoms with van der Waals surface area (Å²) in [5.41, 5.74) is 3.88. The van der Waals surface area contributed by atoms with E-state index in [4.69, 9.17) is 5.14 Å². The molecule has 0 aliphatic heterocycles. The molecular weight excluding hydrogens is 344 g/mol. The third-order valence-electron chi connectivity index (χ3n) is 3.40. The Morgan fingerprint density at radius 1 is 1.12 bits per heavy atom. The van der Waals surface area contributed by atoms with Crippen LogP contribution in [-0.4, -0.2) is 20.1 Å². The first-order valence-electron chi connectivity index (χ1n) is 7.30. The molecule has 0 unspecified atom stereocenters. The second-order valence-corrected chi connectivity index (χ2v) is 8.18. The number of nitrogens with one attached hydrogen (secondary N) is 1. The molecule has 5 nitrogen and oxygen atoms in total. The summed E-state index contributed by atoms with van der Waals surface area (Å²) in [7, 11) is -3.79. The molecule has 0 heterocycles. The zero-order valence-corrected chi connectivity index (χ0v) is 15.4. The second-order valence-electron chi connectivity index (χ2n) is 5.64. The number of carbonyl (C=O) groups excluding carboxylic acids is 1. The average Bonchev–Trinajstić information content (AvgIpc) is 2.45. The summed E-state index contributed by atoms with van der Waals surface area (Å²) < 4.78 is 22.7. The molecule has 24 heavy (non-hydrogen) atoms. The van der Waals surface area contributed by atoms with E-state index in [0.29, 0.717) is 5.69 Å². The summed E-state index contributed by atoms with van der Waals surface area (Å²) in [6, 6.07) is 10.1. The van der Waals surface area contributed by atoms with Crippen molar-refractivity contribution >= 4 is 33.4 Å². The molecule has 128 valence electrons. The van der Waals surface area contributed by atoms with Crippen LogP contribution in [0.1, 0.15) is 16.7 Å². The zero-order chi connectivity index (χ0) is 17.9. The lowest BCUT2D eigenvalue weighted by Gasteiger charge is -2.11. The fraction of sp³-hybridized carbons (Fsp3) is 0.235. The topological polar surface area (TPSA) is 89.3 Å². The molecule has 2 aromatic rings. The van der Waals surface area contributed by atoms with Crippen LogP contribution in [0.3, 0.4) is 0 Å². The number of nitrogens with two attached hydrogens (primary N) is 1. The minimum atomic E-state index is -3.79. The van der Waals surface area contributed by atoms with Crippen LogP contribution in [0.25, 0.3) is 0 Å². The van der Waals surface area contributed by atoms with Crippen molar-refractivity contribution in [1.82, 2.24) is 0 Å². The highest BCUT2D eigenvalue weighted by atomic mass is 32.2. The van der Waals surface area contributed by atoms with Crippen LogP contribution < -0.4 is 10.5 Å². The summed E-state index contributed by atoms with van der Waals surface area (Å²) in [4.78, 5) is 13.2. The van der Waals surface area contributed by atoms with Crippen molar-refractivity contribution < 1.29 is 13.2 Å². The van der Waals surface area contributed by atoms with Crippen molar-refractivity contribution in [2.45, 2.75) is 30.6 Å². The minimum Gasteiger partial charge on any atom is -0.325 e. The Hall–Kier alpha value is -1.83. The van der Waals surface area contributed by atoms with E-state index in [1.54, 1.807) is 6.07 Å².